The minimum atomic E-state index is 0.247. The van der Waals surface area contributed by atoms with Gasteiger partial charge in [0.2, 0.25) is 5.91 Å². The Kier molecular flexibility index (Phi) is 5.45. The molecule has 2 rings (SSSR count). The molecule has 1 atom stereocenters. The highest BCUT2D eigenvalue weighted by Crippen LogP contribution is 2.18. The summed E-state index contributed by atoms with van der Waals surface area (Å²) in [5, 5.41) is 6.39. The highest BCUT2D eigenvalue weighted by molar-refractivity contribution is 5.76. The zero-order chi connectivity index (χ0) is 12.8. The summed E-state index contributed by atoms with van der Waals surface area (Å²) in [4.78, 5) is 14.1. The lowest BCUT2D eigenvalue weighted by Crippen LogP contribution is -2.33. The molecule has 104 valence electrons. The number of hydrogen-bond acceptors (Lipinski definition) is 3. The molecule has 0 spiro atoms. The largest absolute Gasteiger partial charge is 0.356 e. The monoisotopic (exact) mass is 253 g/mol. The normalized spacial score (nSPS) is 26.4. The van der Waals surface area contributed by atoms with Gasteiger partial charge in [-0.15, -0.1) is 0 Å². The fourth-order valence-electron chi connectivity index (χ4n) is 2.99. The van der Waals surface area contributed by atoms with Crippen LogP contribution in [0.4, 0.5) is 0 Å². The van der Waals surface area contributed by atoms with Gasteiger partial charge < -0.3 is 15.5 Å². The summed E-state index contributed by atoms with van der Waals surface area (Å²) < 4.78 is 0. The van der Waals surface area contributed by atoms with Gasteiger partial charge in [0.15, 0.2) is 0 Å². The van der Waals surface area contributed by atoms with Crippen LogP contribution in [0.15, 0.2) is 0 Å². The molecule has 2 fully saturated rings. The summed E-state index contributed by atoms with van der Waals surface area (Å²) in [6, 6.07) is 0. The molecule has 0 bridgehead atoms. The molecule has 0 saturated carbocycles. The van der Waals surface area contributed by atoms with Crippen molar-refractivity contribution in [1.29, 1.82) is 0 Å². The molecule has 2 saturated heterocycles. The number of amides is 1. The summed E-state index contributed by atoms with van der Waals surface area (Å²) in [6.07, 6.45) is 5.60. The molecule has 4 heteroatoms. The Morgan fingerprint density at radius 2 is 2.06 bits per heavy atom. The Hall–Kier alpha value is -0.610. The Labute approximate surface area is 110 Å². The van der Waals surface area contributed by atoms with Gasteiger partial charge in [0.1, 0.15) is 0 Å². The fourth-order valence-corrected chi connectivity index (χ4v) is 2.99. The van der Waals surface area contributed by atoms with E-state index in [0.717, 1.165) is 38.4 Å². The van der Waals surface area contributed by atoms with E-state index in [2.05, 4.69) is 22.6 Å². The quantitative estimate of drug-likeness (QED) is 0.763. The lowest BCUT2D eigenvalue weighted by atomic mass is 9.94. The SMILES string of the molecule is CN1CCC(CCNC(=O)CC2CCNC2)CC1. The predicted octanol–water partition coefficient (Wildman–Crippen LogP) is 0.834. The fraction of sp³-hybridized carbons (Fsp3) is 0.929. The zero-order valence-electron chi connectivity index (χ0n) is 11.6. The van der Waals surface area contributed by atoms with Crippen molar-refractivity contribution < 1.29 is 4.79 Å². The molecule has 2 heterocycles. The minimum absolute atomic E-state index is 0.247. The Morgan fingerprint density at radius 1 is 1.28 bits per heavy atom. The van der Waals surface area contributed by atoms with Crippen molar-refractivity contribution in [2.45, 2.75) is 32.1 Å². The second-order valence-corrected chi connectivity index (χ2v) is 5.95. The van der Waals surface area contributed by atoms with E-state index in [4.69, 9.17) is 0 Å². The first-order chi connectivity index (χ1) is 8.74. The molecule has 0 aromatic heterocycles. The highest BCUT2D eigenvalue weighted by Gasteiger charge is 2.19. The summed E-state index contributed by atoms with van der Waals surface area (Å²) in [6.45, 7) is 5.39. The van der Waals surface area contributed by atoms with Gasteiger partial charge in [-0.2, -0.15) is 0 Å². The number of hydrogen-bond donors (Lipinski definition) is 2. The second kappa shape index (κ2) is 7.10. The third kappa shape index (κ3) is 4.58. The van der Waals surface area contributed by atoms with Gasteiger partial charge in [0.25, 0.3) is 0 Å². The van der Waals surface area contributed by atoms with E-state index in [0.29, 0.717) is 12.3 Å². The van der Waals surface area contributed by atoms with E-state index in [1.165, 1.54) is 25.9 Å². The number of nitrogens with one attached hydrogen (secondary N) is 2. The standard InChI is InChI=1S/C14H27N3O/c1-17-8-4-12(5-9-17)3-7-16-14(18)10-13-2-6-15-11-13/h12-13,15H,2-11H2,1H3,(H,16,18). The van der Waals surface area contributed by atoms with E-state index < -0.39 is 0 Å². The van der Waals surface area contributed by atoms with Crippen LogP contribution in [0, 0.1) is 11.8 Å². The van der Waals surface area contributed by atoms with Gasteiger partial charge in [-0.1, -0.05) is 0 Å². The van der Waals surface area contributed by atoms with Crippen LogP contribution in [0.2, 0.25) is 0 Å². The van der Waals surface area contributed by atoms with Crippen molar-refractivity contribution in [3.05, 3.63) is 0 Å². The van der Waals surface area contributed by atoms with Gasteiger partial charge in [-0.05, 0) is 70.7 Å². The number of likely N-dealkylation sites (tertiary alicyclic amines) is 1. The van der Waals surface area contributed by atoms with Gasteiger partial charge in [-0.25, -0.2) is 0 Å². The smallest absolute Gasteiger partial charge is 0.220 e. The van der Waals surface area contributed by atoms with Crippen molar-refractivity contribution in [3.8, 4) is 0 Å². The molecule has 4 nitrogen and oxygen atoms in total. The van der Waals surface area contributed by atoms with Crippen LogP contribution >= 0.6 is 0 Å². The molecule has 0 aliphatic carbocycles. The highest BCUT2D eigenvalue weighted by atomic mass is 16.1. The molecule has 2 N–H and O–H groups in total. The molecule has 1 unspecified atom stereocenters. The van der Waals surface area contributed by atoms with Crippen molar-refractivity contribution in [2.24, 2.45) is 11.8 Å². The summed E-state index contributed by atoms with van der Waals surface area (Å²) in [5.41, 5.74) is 0. The Bertz CT molecular complexity index is 256. The van der Waals surface area contributed by atoms with Crippen molar-refractivity contribution in [2.75, 3.05) is 39.8 Å². The molecular formula is C14H27N3O. The van der Waals surface area contributed by atoms with Gasteiger partial charge in [0.05, 0.1) is 0 Å². The summed E-state index contributed by atoms with van der Waals surface area (Å²) >= 11 is 0. The summed E-state index contributed by atoms with van der Waals surface area (Å²) in [5.74, 6) is 1.62. The summed E-state index contributed by atoms with van der Waals surface area (Å²) in [7, 11) is 2.19. The molecule has 0 aromatic carbocycles. The Morgan fingerprint density at radius 3 is 2.72 bits per heavy atom. The molecule has 2 aliphatic heterocycles. The van der Waals surface area contributed by atoms with E-state index in [9.17, 15) is 4.79 Å². The van der Waals surface area contributed by atoms with Crippen LogP contribution in [-0.2, 0) is 4.79 Å². The number of carbonyl (C=O) groups excluding carboxylic acids is 1. The van der Waals surface area contributed by atoms with Crippen LogP contribution in [0.25, 0.3) is 0 Å². The number of nitrogens with zero attached hydrogens (tertiary/aromatic N) is 1. The molecule has 0 radical (unpaired) electrons. The minimum Gasteiger partial charge on any atom is -0.356 e. The third-order valence-corrected chi connectivity index (χ3v) is 4.35. The molecular weight excluding hydrogens is 226 g/mol. The van der Waals surface area contributed by atoms with E-state index in [-0.39, 0.29) is 5.91 Å². The maximum absolute atomic E-state index is 11.7. The molecule has 0 aromatic rings. The van der Waals surface area contributed by atoms with Crippen LogP contribution in [0.3, 0.4) is 0 Å². The first-order valence-electron chi connectivity index (χ1n) is 7.40. The average molecular weight is 253 g/mol. The van der Waals surface area contributed by atoms with Gasteiger partial charge in [0, 0.05) is 13.0 Å². The predicted molar refractivity (Wildman–Crippen MR) is 73.4 cm³/mol. The van der Waals surface area contributed by atoms with Crippen LogP contribution < -0.4 is 10.6 Å². The molecule has 18 heavy (non-hydrogen) atoms. The molecule has 1 amide bonds. The second-order valence-electron chi connectivity index (χ2n) is 5.95. The third-order valence-electron chi connectivity index (χ3n) is 4.35. The number of carbonyl (C=O) groups is 1. The average Bonchev–Trinajstić information content (AvgIpc) is 2.84. The first kappa shape index (κ1) is 13.8. The van der Waals surface area contributed by atoms with E-state index >= 15 is 0 Å². The van der Waals surface area contributed by atoms with E-state index in [1.807, 2.05) is 0 Å². The van der Waals surface area contributed by atoms with Crippen LogP contribution in [0.1, 0.15) is 32.1 Å². The number of rotatable bonds is 5. The van der Waals surface area contributed by atoms with Crippen LogP contribution in [-0.4, -0.2) is 50.6 Å². The van der Waals surface area contributed by atoms with Gasteiger partial charge >= 0.3 is 0 Å². The first-order valence-corrected chi connectivity index (χ1v) is 7.40. The molecule has 2 aliphatic rings. The zero-order valence-corrected chi connectivity index (χ0v) is 11.6. The lowest BCUT2D eigenvalue weighted by molar-refractivity contribution is -0.121. The topological polar surface area (TPSA) is 44.4 Å². The van der Waals surface area contributed by atoms with Crippen molar-refractivity contribution >= 4 is 5.91 Å². The van der Waals surface area contributed by atoms with Crippen molar-refractivity contribution in [3.63, 3.8) is 0 Å². The maximum atomic E-state index is 11.7. The lowest BCUT2D eigenvalue weighted by Gasteiger charge is -2.28. The maximum Gasteiger partial charge on any atom is 0.220 e. The number of piperidine rings is 1. The van der Waals surface area contributed by atoms with Gasteiger partial charge in [-0.3, -0.25) is 4.79 Å². The van der Waals surface area contributed by atoms with Crippen LogP contribution in [0.5, 0.6) is 0 Å². The van der Waals surface area contributed by atoms with Crippen molar-refractivity contribution in [1.82, 2.24) is 15.5 Å². The van der Waals surface area contributed by atoms with E-state index in [1.54, 1.807) is 0 Å². The Balaban J connectivity index is 1.53.